The van der Waals surface area contributed by atoms with Crippen LogP contribution < -0.4 is 24.8 Å². The van der Waals surface area contributed by atoms with Gasteiger partial charge in [0.05, 0.1) is 0 Å². The molecule has 1 aromatic heterocycles. The molecule has 1 heterocycles. The summed E-state index contributed by atoms with van der Waals surface area (Å²) in [6.07, 6.45) is 10.0. The predicted octanol–water partition coefficient (Wildman–Crippen LogP) is -1.28. The van der Waals surface area contributed by atoms with Gasteiger partial charge in [-0.05, 0) is 5.41 Å². The molecule has 0 fully saturated rings. The average Bonchev–Trinajstić information content (AvgIpc) is 2.91. The van der Waals surface area contributed by atoms with Crippen LogP contribution in [-0.2, 0) is 37.0 Å². The minimum absolute atomic E-state index is 0. The molecule has 0 aliphatic heterocycles. The Balaban J connectivity index is -0.000000349. The normalized spacial score (nSPS) is 12.5. The van der Waals surface area contributed by atoms with Gasteiger partial charge in [0.15, 0.2) is 0 Å². The zero-order valence-electron chi connectivity index (χ0n) is 13.8. The van der Waals surface area contributed by atoms with E-state index in [4.69, 9.17) is 0 Å². The summed E-state index contributed by atoms with van der Waals surface area (Å²) >= 11 is 0. The molecule has 0 saturated carbocycles. The Morgan fingerprint density at radius 1 is 1.00 bits per heavy atom. The summed E-state index contributed by atoms with van der Waals surface area (Å²) in [5.41, 5.74) is 2.82. The summed E-state index contributed by atoms with van der Waals surface area (Å²) in [6, 6.07) is 5.37. The van der Waals surface area contributed by atoms with Crippen LogP contribution in [0.5, 0.6) is 0 Å². The van der Waals surface area contributed by atoms with Gasteiger partial charge in [0.1, 0.15) is 0 Å². The van der Waals surface area contributed by atoms with Crippen LogP contribution >= 0.6 is 0 Å². The standard InChI is InChI=1S/C12H20N.C5H5.2ClH.Zr/c1-11(2,3)9-7-8-10(13-9)12(4,5)6;1-2-4-5-3-1;;;/h7,13H,1-6H3;1-3H,4H2;2*1H;/q2*-1;;;+4/p-2. The molecule has 0 spiro atoms. The van der Waals surface area contributed by atoms with Crippen LogP contribution in [0, 0.1) is 12.1 Å². The third kappa shape index (κ3) is 9.77. The second kappa shape index (κ2) is 10.9. The van der Waals surface area contributed by atoms with Crippen LogP contribution in [0.4, 0.5) is 0 Å². The number of aromatic amines is 1. The fraction of sp³-hybridized carbons (Fsp3) is 0.529. The number of aromatic nitrogens is 1. The van der Waals surface area contributed by atoms with Crippen molar-refractivity contribution in [3.63, 3.8) is 0 Å². The van der Waals surface area contributed by atoms with E-state index in [-0.39, 0.29) is 61.8 Å². The van der Waals surface area contributed by atoms with Crippen LogP contribution in [0.15, 0.2) is 24.3 Å². The zero-order valence-corrected chi connectivity index (χ0v) is 17.7. The van der Waals surface area contributed by atoms with E-state index in [0.717, 1.165) is 6.42 Å². The van der Waals surface area contributed by atoms with E-state index in [0.29, 0.717) is 0 Å². The van der Waals surface area contributed by atoms with Crippen molar-refractivity contribution in [2.24, 2.45) is 0 Å². The molecular formula is C17H25Cl2NZr. The molecule has 21 heavy (non-hydrogen) atoms. The molecule has 1 N–H and O–H groups in total. The van der Waals surface area contributed by atoms with E-state index < -0.39 is 0 Å². The van der Waals surface area contributed by atoms with Crippen molar-refractivity contribution < 1.29 is 51.0 Å². The average molecular weight is 406 g/mol. The first-order chi connectivity index (χ1) is 8.21. The second-order valence-electron chi connectivity index (χ2n) is 6.71. The summed E-state index contributed by atoms with van der Waals surface area (Å²) in [5.74, 6) is 0. The van der Waals surface area contributed by atoms with Gasteiger partial charge in [0, 0.05) is 0 Å². The quantitative estimate of drug-likeness (QED) is 0.518. The summed E-state index contributed by atoms with van der Waals surface area (Å²) in [5, 5.41) is 0. The SMILES string of the molecule is CC(C)(C)c1[c-]cc(C(C)(C)C)[nH]1.[C-]1=CC=CC1.[Cl-].[Cl-].[Zr+4]. The topological polar surface area (TPSA) is 15.8 Å². The van der Waals surface area contributed by atoms with E-state index in [9.17, 15) is 0 Å². The first-order valence-electron chi connectivity index (χ1n) is 6.54. The fourth-order valence-corrected chi connectivity index (χ4v) is 1.50. The van der Waals surface area contributed by atoms with Crippen molar-refractivity contribution >= 4 is 0 Å². The largest absolute Gasteiger partial charge is 4.00 e. The Hall–Kier alpha value is 0.223. The number of H-pyrrole nitrogens is 1. The third-order valence-corrected chi connectivity index (χ3v) is 2.76. The minimum atomic E-state index is 0. The second-order valence-corrected chi connectivity index (χ2v) is 6.71. The molecule has 4 heteroatoms. The summed E-state index contributed by atoms with van der Waals surface area (Å²) in [7, 11) is 0. The molecule has 0 aromatic carbocycles. The summed E-state index contributed by atoms with van der Waals surface area (Å²) in [6.45, 7) is 13.2. The van der Waals surface area contributed by atoms with E-state index in [1.807, 2.05) is 12.2 Å². The number of hydrogen-bond acceptors (Lipinski definition) is 0. The van der Waals surface area contributed by atoms with Crippen molar-refractivity contribution in [1.82, 2.24) is 4.98 Å². The van der Waals surface area contributed by atoms with Crippen molar-refractivity contribution in [3.8, 4) is 0 Å². The molecule has 1 aliphatic carbocycles. The number of nitrogens with one attached hydrogen (secondary N) is 1. The Kier molecular flexibility index (Phi) is 13.5. The maximum absolute atomic E-state index is 3.44. The van der Waals surface area contributed by atoms with E-state index in [2.05, 4.69) is 70.8 Å². The van der Waals surface area contributed by atoms with Gasteiger partial charge in [-0.3, -0.25) is 6.08 Å². The Morgan fingerprint density at radius 2 is 1.57 bits per heavy atom. The van der Waals surface area contributed by atoms with Gasteiger partial charge in [0.25, 0.3) is 0 Å². The van der Waals surface area contributed by atoms with Crippen molar-refractivity contribution in [2.75, 3.05) is 0 Å². The number of allylic oxidation sites excluding steroid dienone is 4. The van der Waals surface area contributed by atoms with Crippen molar-refractivity contribution in [2.45, 2.75) is 58.8 Å². The van der Waals surface area contributed by atoms with Crippen LogP contribution in [-0.4, -0.2) is 4.98 Å². The third-order valence-electron chi connectivity index (χ3n) is 2.76. The molecule has 0 unspecified atom stereocenters. The molecule has 0 amide bonds. The minimum Gasteiger partial charge on any atom is -1.00 e. The molecule has 0 saturated heterocycles. The predicted molar refractivity (Wildman–Crippen MR) is 78.6 cm³/mol. The molecule has 116 valence electrons. The summed E-state index contributed by atoms with van der Waals surface area (Å²) < 4.78 is 0. The van der Waals surface area contributed by atoms with Crippen molar-refractivity contribution in [1.29, 1.82) is 0 Å². The molecule has 0 bridgehead atoms. The van der Waals surface area contributed by atoms with E-state index >= 15 is 0 Å². The number of rotatable bonds is 0. The molecular weight excluding hydrogens is 380 g/mol. The molecule has 1 nitrogen and oxygen atoms in total. The van der Waals surface area contributed by atoms with Gasteiger partial charge < -0.3 is 29.8 Å². The van der Waals surface area contributed by atoms with Crippen LogP contribution in [0.3, 0.4) is 0 Å². The Bertz CT molecular complexity index is 396. The Morgan fingerprint density at radius 3 is 1.76 bits per heavy atom. The monoisotopic (exact) mass is 403 g/mol. The first-order valence-corrected chi connectivity index (χ1v) is 6.54. The molecule has 0 atom stereocenters. The van der Waals surface area contributed by atoms with Crippen molar-refractivity contribution in [3.05, 3.63) is 47.8 Å². The van der Waals surface area contributed by atoms with Gasteiger partial charge in [-0.15, -0.1) is 12.1 Å². The number of hydrogen-bond donors (Lipinski definition) is 1. The van der Waals surface area contributed by atoms with E-state index in [1.54, 1.807) is 0 Å². The van der Waals surface area contributed by atoms with Gasteiger partial charge in [0.2, 0.25) is 0 Å². The smallest absolute Gasteiger partial charge is 1.00 e. The summed E-state index contributed by atoms with van der Waals surface area (Å²) in [4.78, 5) is 3.44. The van der Waals surface area contributed by atoms with Crippen LogP contribution in [0.2, 0.25) is 0 Å². The molecule has 2 rings (SSSR count). The van der Waals surface area contributed by atoms with Gasteiger partial charge in [-0.1, -0.05) is 52.7 Å². The van der Waals surface area contributed by atoms with E-state index in [1.165, 1.54) is 11.4 Å². The number of halogens is 2. The first kappa shape index (κ1) is 26.1. The van der Waals surface area contributed by atoms with Gasteiger partial charge in [-0.25, -0.2) is 24.3 Å². The molecule has 1 aliphatic rings. The molecule has 0 radical (unpaired) electrons. The zero-order chi connectivity index (χ0) is 13.8. The van der Waals surface area contributed by atoms with Crippen LogP contribution in [0.25, 0.3) is 0 Å². The Labute approximate surface area is 162 Å². The van der Waals surface area contributed by atoms with Gasteiger partial charge >= 0.3 is 26.2 Å². The maximum atomic E-state index is 3.44. The van der Waals surface area contributed by atoms with Gasteiger partial charge in [-0.2, -0.15) is 6.08 Å². The molecule has 1 aromatic rings. The maximum Gasteiger partial charge on any atom is 4.00 e. The fourth-order valence-electron chi connectivity index (χ4n) is 1.50. The van der Waals surface area contributed by atoms with Crippen LogP contribution in [0.1, 0.15) is 59.4 Å².